The fraction of sp³-hybridized carbons (Fsp3) is 0.533. The van der Waals surface area contributed by atoms with Gasteiger partial charge in [-0.25, -0.2) is 4.79 Å². The van der Waals surface area contributed by atoms with Gasteiger partial charge in [-0.05, 0) is 18.9 Å². The van der Waals surface area contributed by atoms with Gasteiger partial charge in [-0.3, -0.25) is 4.18 Å². The Labute approximate surface area is 131 Å². The quantitative estimate of drug-likeness (QED) is 0.747. The first-order chi connectivity index (χ1) is 10.5. The van der Waals surface area contributed by atoms with Crippen molar-refractivity contribution in [2.75, 3.05) is 25.4 Å². The van der Waals surface area contributed by atoms with Gasteiger partial charge in [0.2, 0.25) is 0 Å². The maximum atomic E-state index is 12.0. The van der Waals surface area contributed by atoms with Crippen LogP contribution in [-0.2, 0) is 25.6 Å². The maximum absolute atomic E-state index is 12.0. The van der Waals surface area contributed by atoms with Gasteiger partial charge in [-0.2, -0.15) is 8.42 Å². The molecule has 1 aromatic carbocycles. The molecular weight excluding hydrogens is 306 g/mol. The monoisotopic (exact) mass is 327 g/mol. The van der Waals surface area contributed by atoms with Crippen LogP contribution in [0.2, 0.25) is 0 Å². The molecule has 0 saturated carbocycles. The lowest BCUT2D eigenvalue weighted by Gasteiger charge is -2.16. The van der Waals surface area contributed by atoms with Crippen molar-refractivity contribution in [2.24, 2.45) is 5.92 Å². The lowest BCUT2D eigenvalue weighted by Crippen LogP contribution is -2.30. The number of amides is 1. The number of likely N-dealkylation sites (tertiary alicyclic amines) is 1. The van der Waals surface area contributed by atoms with E-state index in [1.165, 1.54) is 6.92 Å². The number of carbonyl (C=O) groups excluding carboxylic acids is 1. The van der Waals surface area contributed by atoms with E-state index in [0.717, 1.165) is 12.0 Å². The molecule has 0 N–H and O–H groups in total. The van der Waals surface area contributed by atoms with Gasteiger partial charge >= 0.3 is 6.09 Å². The van der Waals surface area contributed by atoms with Crippen molar-refractivity contribution < 1.29 is 22.1 Å². The minimum Gasteiger partial charge on any atom is -0.445 e. The Balaban J connectivity index is 1.74. The normalized spacial score (nSPS) is 18.4. The van der Waals surface area contributed by atoms with Crippen LogP contribution in [0.1, 0.15) is 18.9 Å². The molecule has 1 aromatic rings. The third kappa shape index (κ3) is 4.99. The van der Waals surface area contributed by atoms with Crippen LogP contribution in [0, 0.1) is 5.92 Å². The van der Waals surface area contributed by atoms with Gasteiger partial charge in [0.25, 0.3) is 10.1 Å². The number of rotatable bonds is 6. The predicted molar refractivity (Wildman–Crippen MR) is 81.7 cm³/mol. The third-order valence-corrected chi connectivity index (χ3v) is 4.79. The van der Waals surface area contributed by atoms with Gasteiger partial charge in [0.1, 0.15) is 6.61 Å². The molecule has 1 aliphatic rings. The molecule has 0 aromatic heterocycles. The minimum absolute atomic E-state index is 0.0330. The zero-order valence-electron chi connectivity index (χ0n) is 12.6. The van der Waals surface area contributed by atoms with Crippen LogP contribution in [0.25, 0.3) is 0 Å². The van der Waals surface area contributed by atoms with Crippen LogP contribution in [0.5, 0.6) is 0 Å². The van der Waals surface area contributed by atoms with Crippen LogP contribution in [-0.4, -0.2) is 44.9 Å². The van der Waals surface area contributed by atoms with E-state index < -0.39 is 10.1 Å². The summed E-state index contributed by atoms with van der Waals surface area (Å²) in [5.74, 6) is -0.00617. The van der Waals surface area contributed by atoms with Crippen LogP contribution in [0.15, 0.2) is 30.3 Å². The first-order valence-electron chi connectivity index (χ1n) is 7.33. The Morgan fingerprint density at radius 2 is 2.05 bits per heavy atom. The molecule has 122 valence electrons. The van der Waals surface area contributed by atoms with Gasteiger partial charge < -0.3 is 9.64 Å². The van der Waals surface area contributed by atoms with Gasteiger partial charge in [-0.1, -0.05) is 30.3 Å². The van der Waals surface area contributed by atoms with Gasteiger partial charge in [0, 0.05) is 19.0 Å². The van der Waals surface area contributed by atoms with E-state index >= 15 is 0 Å². The smallest absolute Gasteiger partial charge is 0.410 e. The van der Waals surface area contributed by atoms with Gasteiger partial charge in [-0.15, -0.1) is 0 Å². The Bertz CT molecular complexity index is 587. The van der Waals surface area contributed by atoms with Gasteiger partial charge in [0.05, 0.1) is 12.4 Å². The summed E-state index contributed by atoms with van der Waals surface area (Å²) in [5.41, 5.74) is 0.934. The number of carbonyl (C=O) groups is 1. The van der Waals surface area contributed by atoms with Crippen molar-refractivity contribution >= 4 is 16.2 Å². The topological polar surface area (TPSA) is 72.9 Å². The van der Waals surface area contributed by atoms with Crippen LogP contribution < -0.4 is 0 Å². The van der Waals surface area contributed by atoms with E-state index in [4.69, 9.17) is 8.92 Å². The second kappa shape index (κ2) is 7.60. The van der Waals surface area contributed by atoms with Crippen molar-refractivity contribution in [2.45, 2.75) is 20.0 Å². The number of nitrogens with zero attached hydrogens (tertiary/aromatic N) is 1. The molecule has 22 heavy (non-hydrogen) atoms. The second-order valence-corrected chi connectivity index (χ2v) is 7.20. The van der Waals surface area contributed by atoms with Crippen molar-refractivity contribution in [3.63, 3.8) is 0 Å². The molecule has 0 bridgehead atoms. The molecule has 0 radical (unpaired) electrons. The minimum atomic E-state index is -3.43. The first-order valence-corrected chi connectivity index (χ1v) is 8.90. The lowest BCUT2D eigenvalue weighted by molar-refractivity contribution is 0.102. The highest BCUT2D eigenvalue weighted by molar-refractivity contribution is 7.86. The van der Waals surface area contributed by atoms with Gasteiger partial charge in [0.15, 0.2) is 0 Å². The number of hydrogen-bond donors (Lipinski definition) is 0. The highest BCUT2D eigenvalue weighted by Crippen LogP contribution is 2.18. The molecule has 1 unspecified atom stereocenters. The van der Waals surface area contributed by atoms with E-state index in [9.17, 15) is 13.2 Å². The van der Waals surface area contributed by atoms with Crippen molar-refractivity contribution in [3.05, 3.63) is 35.9 Å². The van der Waals surface area contributed by atoms with E-state index in [1.54, 1.807) is 4.90 Å². The summed E-state index contributed by atoms with van der Waals surface area (Å²) in [6.07, 6.45) is 0.351. The Morgan fingerprint density at radius 1 is 1.32 bits per heavy atom. The van der Waals surface area contributed by atoms with Crippen LogP contribution in [0.3, 0.4) is 0 Å². The molecule has 6 nitrogen and oxygen atoms in total. The van der Waals surface area contributed by atoms with E-state index in [1.807, 2.05) is 30.3 Å². The lowest BCUT2D eigenvalue weighted by atomic mass is 10.1. The first kappa shape index (κ1) is 16.8. The SMILES string of the molecule is CCS(=O)(=O)OCC1CCN(C(=O)OCc2ccccc2)C1. The molecule has 1 aliphatic heterocycles. The summed E-state index contributed by atoms with van der Waals surface area (Å²) in [4.78, 5) is 13.6. The standard InChI is InChI=1S/C15H21NO5S/c1-2-22(18,19)21-12-14-8-9-16(10-14)15(17)20-11-13-6-4-3-5-7-13/h3-7,14H,2,8-12H2,1H3. The fourth-order valence-corrected chi connectivity index (χ4v) is 2.79. The molecule has 7 heteroatoms. The Kier molecular flexibility index (Phi) is 5.79. The molecule has 1 fully saturated rings. The second-order valence-electron chi connectivity index (χ2n) is 5.27. The summed E-state index contributed by atoms with van der Waals surface area (Å²) < 4.78 is 32.8. The predicted octanol–water partition coefficient (Wildman–Crippen LogP) is 2.01. The average Bonchev–Trinajstić information content (AvgIpc) is 3.01. The van der Waals surface area contributed by atoms with Crippen LogP contribution >= 0.6 is 0 Å². The Morgan fingerprint density at radius 3 is 2.73 bits per heavy atom. The number of ether oxygens (including phenoxy) is 1. The molecule has 0 spiro atoms. The molecule has 1 heterocycles. The Hall–Kier alpha value is -1.60. The molecule has 1 amide bonds. The number of benzene rings is 1. The average molecular weight is 327 g/mol. The molecule has 0 aliphatic carbocycles. The highest BCUT2D eigenvalue weighted by Gasteiger charge is 2.28. The van der Waals surface area contributed by atoms with E-state index in [0.29, 0.717) is 13.1 Å². The zero-order chi connectivity index (χ0) is 16.0. The van der Waals surface area contributed by atoms with E-state index in [2.05, 4.69) is 0 Å². The molecule has 1 saturated heterocycles. The largest absolute Gasteiger partial charge is 0.445 e. The maximum Gasteiger partial charge on any atom is 0.410 e. The fourth-order valence-electron chi connectivity index (χ4n) is 2.23. The summed E-state index contributed by atoms with van der Waals surface area (Å²) in [6.45, 7) is 2.93. The molecule has 2 rings (SSSR count). The van der Waals surface area contributed by atoms with Crippen molar-refractivity contribution in [1.29, 1.82) is 0 Å². The third-order valence-electron chi connectivity index (χ3n) is 3.59. The molecular formula is C15H21NO5S. The molecule has 1 atom stereocenters. The summed E-state index contributed by atoms with van der Waals surface area (Å²) in [6, 6.07) is 9.47. The van der Waals surface area contributed by atoms with Crippen LogP contribution in [0.4, 0.5) is 4.79 Å². The summed E-state index contributed by atoms with van der Waals surface area (Å²) in [7, 11) is -3.43. The van der Waals surface area contributed by atoms with Crippen molar-refractivity contribution in [3.8, 4) is 0 Å². The summed E-state index contributed by atoms with van der Waals surface area (Å²) in [5, 5.41) is 0. The number of hydrogen-bond acceptors (Lipinski definition) is 5. The zero-order valence-corrected chi connectivity index (χ0v) is 13.4. The summed E-state index contributed by atoms with van der Waals surface area (Å²) >= 11 is 0. The van der Waals surface area contributed by atoms with Crippen molar-refractivity contribution in [1.82, 2.24) is 4.90 Å². The highest BCUT2D eigenvalue weighted by atomic mass is 32.2. The van der Waals surface area contributed by atoms with E-state index in [-0.39, 0.29) is 31.0 Å².